The summed E-state index contributed by atoms with van der Waals surface area (Å²) < 4.78 is 50.3. The second kappa shape index (κ2) is 14.8. The number of hydrogen-bond donors (Lipinski definition) is 7. The lowest BCUT2D eigenvalue weighted by Crippen LogP contribution is -2.65. The molecule has 0 unspecified atom stereocenters. The van der Waals surface area contributed by atoms with Gasteiger partial charge in [-0.2, -0.15) is 0 Å². The van der Waals surface area contributed by atoms with E-state index in [2.05, 4.69) is 0 Å². The predicted molar refractivity (Wildman–Crippen MR) is 161 cm³/mol. The second-order valence-electron chi connectivity index (χ2n) is 11.0. The third-order valence-electron chi connectivity index (χ3n) is 8.17. The summed E-state index contributed by atoms with van der Waals surface area (Å²) in [6.07, 6.45) is -16.6. The molecule has 1 aromatic heterocycles. The van der Waals surface area contributed by atoms with Crippen molar-refractivity contribution >= 4 is 11.0 Å². The Hall–Kier alpha value is -3.75. The predicted octanol–water partition coefficient (Wildman–Crippen LogP) is -1.50. The summed E-state index contributed by atoms with van der Waals surface area (Å²) in [5, 5.41) is 72.2. The van der Waals surface area contributed by atoms with E-state index in [1.165, 1.54) is 40.6 Å². The molecule has 2 aliphatic rings. The van der Waals surface area contributed by atoms with Crippen LogP contribution in [0.25, 0.3) is 22.3 Å². The zero-order chi connectivity index (χ0) is 34.9. The molecule has 2 saturated heterocycles. The third kappa shape index (κ3) is 6.49. The number of benzene rings is 2. The van der Waals surface area contributed by atoms with Crippen LogP contribution in [0.2, 0.25) is 0 Å². The van der Waals surface area contributed by atoms with Crippen molar-refractivity contribution in [1.82, 2.24) is 0 Å². The van der Waals surface area contributed by atoms with Crippen molar-refractivity contribution in [3.63, 3.8) is 0 Å². The first-order valence-corrected chi connectivity index (χ1v) is 14.7. The molecular weight excluding hydrogens is 644 g/mol. The van der Waals surface area contributed by atoms with Gasteiger partial charge in [-0.1, -0.05) is 0 Å². The molecule has 3 aromatic rings. The summed E-state index contributed by atoms with van der Waals surface area (Å²) in [5.41, 5.74) is -0.0109. The number of aliphatic hydroxyl groups excluding tert-OH is 7. The smallest absolute Gasteiger partial charge is 0.229 e. The molecule has 48 heavy (non-hydrogen) atoms. The molecule has 0 amide bonds. The van der Waals surface area contributed by atoms with Crippen LogP contribution in [0.4, 0.5) is 0 Å². The molecule has 0 spiro atoms. The molecule has 3 heterocycles. The lowest BCUT2D eigenvalue weighted by molar-refractivity contribution is -0.352. The van der Waals surface area contributed by atoms with E-state index < -0.39 is 80.1 Å². The van der Waals surface area contributed by atoms with Crippen LogP contribution in [0.1, 0.15) is 0 Å². The van der Waals surface area contributed by atoms with Crippen molar-refractivity contribution in [2.24, 2.45) is 0 Å². The molecule has 0 saturated carbocycles. The van der Waals surface area contributed by atoms with Gasteiger partial charge >= 0.3 is 0 Å². The van der Waals surface area contributed by atoms with Crippen LogP contribution in [0.3, 0.4) is 0 Å². The quantitative estimate of drug-likeness (QED) is 0.122. The topological polar surface area (TPSA) is 246 Å². The minimum Gasteiger partial charge on any atom is -0.493 e. The van der Waals surface area contributed by atoms with Gasteiger partial charge < -0.3 is 78.1 Å². The molecule has 17 nitrogen and oxygen atoms in total. The Bertz CT molecular complexity index is 1620. The number of aliphatic hydroxyl groups is 7. The molecule has 5 rings (SSSR count). The highest BCUT2D eigenvalue weighted by Gasteiger charge is 2.51. The molecule has 2 aliphatic heterocycles. The molecular formula is C31H38O17. The monoisotopic (exact) mass is 682 g/mol. The van der Waals surface area contributed by atoms with E-state index in [1.54, 1.807) is 18.2 Å². The lowest BCUT2D eigenvalue weighted by atomic mass is 9.97. The molecule has 7 N–H and O–H groups in total. The highest BCUT2D eigenvalue weighted by molar-refractivity contribution is 5.90. The average molecular weight is 683 g/mol. The van der Waals surface area contributed by atoms with Gasteiger partial charge in [0.2, 0.25) is 12.0 Å². The first-order chi connectivity index (χ1) is 23.0. The van der Waals surface area contributed by atoms with Gasteiger partial charge in [0.1, 0.15) is 65.6 Å². The fraction of sp³-hybridized carbons (Fsp3) is 0.516. The van der Waals surface area contributed by atoms with E-state index in [0.717, 1.165) is 0 Å². The number of fused-ring (bicyclic) bond motifs is 1. The Balaban J connectivity index is 1.46. The zero-order valence-electron chi connectivity index (χ0n) is 26.3. The van der Waals surface area contributed by atoms with Gasteiger partial charge in [-0.15, -0.1) is 0 Å². The highest BCUT2D eigenvalue weighted by Crippen LogP contribution is 2.44. The molecule has 2 aromatic carbocycles. The number of ether oxygens (including phenoxy) is 8. The first kappa shape index (κ1) is 35.6. The van der Waals surface area contributed by atoms with Gasteiger partial charge in [0, 0.05) is 17.7 Å². The Labute approximate surface area is 272 Å². The summed E-state index contributed by atoms with van der Waals surface area (Å²) in [6.45, 7) is -1.52. The van der Waals surface area contributed by atoms with Gasteiger partial charge in [-0.05, 0) is 18.2 Å². The zero-order valence-corrected chi connectivity index (χ0v) is 26.3. The summed E-state index contributed by atoms with van der Waals surface area (Å²) in [5.74, 6) is 0.720. The van der Waals surface area contributed by atoms with Crippen LogP contribution in [0, 0.1) is 0 Å². The number of methoxy groups -OCH3 is 4. The summed E-state index contributed by atoms with van der Waals surface area (Å²) in [6, 6.07) is 7.48. The summed E-state index contributed by atoms with van der Waals surface area (Å²) in [7, 11) is 5.52. The van der Waals surface area contributed by atoms with Crippen molar-refractivity contribution in [3.05, 3.63) is 40.6 Å². The van der Waals surface area contributed by atoms with Crippen molar-refractivity contribution < 1.29 is 78.1 Å². The van der Waals surface area contributed by atoms with Crippen molar-refractivity contribution in [1.29, 1.82) is 0 Å². The molecule has 0 radical (unpaired) electrons. The van der Waals surface area contributed by atoms with Crippen molar-refractivity contribution in [3.8, 4) is 40.1 Å². The average Bonchev–Trinajstić information content (AvgIpc) is 3.10. The standard InChI is InChI=1S/C31H38O17/c1-40-14-6-5-12(7-16(14)41-2)15-8-13(34)21-17(44-15)9-18(28(42-3)29(21)43-4)45-30-26(39)24(37)27(20(11-33)47-30)48-31-25(38)23(36)22(35)19(10-32)46-31/h5-9,19-20,22-27,30-33,35-39H,10-11H2,1-4H3/t19-,20-,22-,23+,24+,25-,26-,27-,30-,31+/m1/s1. The normalized spacial score (nSPS) is 30.6. The molecule has 17 heteroatoms. The van der Waals surface area contributed by atoms with Crippen LogP contribution in [0.15, 0.2) is 39.5 Å². The van der Waals surface area contributed by atoms with E-state index in [0.29, 0.717) is 17.1 Å². The first-order valence-electron chi connectivity index (χ1n) is 14.7. The Morgan fingerprint density at radius 2 is 1.31 bits per heavy atom. The van der Waals surface area contributed by atoms with E-state index in [1.807, 2.05) is 0 Å². The van der Waals surface area contributed by atoms with Crippen LogP contribution < -0.4 is 29.1 Å². The molecule has 264 valence electrons. The minimum absolute atomic E-state index is 0.00619. The Morgan fingerprint density at radius 3 is 1.94 bits per heavy atom. The van der Waals surface area contributed by atoms with Crippen molar-refractivity contribution in [2.45, 2.75) is 61.4 Å². The maximum absolute atomic E-state index is 13.4. The highest BCUT2D eigenvalue weighted by atomic mass is 16.7. The Kier molecular flexibility index (Phi) is 11.0. The van der Waals surface area contributed by atoms with Crippen LogP contribution in [-0.2, 0) is 14.2 Å². The minimum atomic E-state index is -1.86. The maximum atomic E-state index is 13.4. The fourth-order valence-electron chi connectivity index (χ4n) is 5.63. The summed E-state index contributed by atoms with van der Waals surface area (Å²) in [4.78, 5) is 13.4. The molecule has 2 fully saturated rings. The largest absolute Gasteiger partial charge is 0.493 e. The lowest BCUT2D eigenvalue weighted by Gasteiger charge is -2.45. The van der Waals surface area contributed by atoms with E-state index in [4.69, 9.17) is 42.3 Å². The van der Waals surface area contributed by atoms with Gasteiger partial charge in [0.05, 0.1) is 41.7 Å². The third-order valence-corrected chi connectivity index (χ3v) is 8.17. The SMILES string of the molecule is COc1ccc(-c2cc(=O)c3c(OC)c(OC)c(O[C@@H]4O[C@H](CO)[C@@H](O[C@@H]5O[C@H](CO)[C@@H](O)[C@H](O)[C@H]5O)[C@@H](O)[C@H]4O)cc3o2)cc1OC. The number of rotatable bonds is 11. The van der Waals surface area contributed by atoms with E-state index in [-0.39, 0.29) is 34.0 Å². The molecule has 0 bridgehead atoms. The van der Waals surface area contributed by atoms with Gasteiger partial charge in [0.15, 0.2) is 34.7 Å². The molecule has 10 atom stereocenters. The fourth-order valence-corrected chi connectivity index (χ4v) is 5.63. The van der Waals surface area contributed by atoms with Crippen LogP contribution in [0.5, 0.6) is 28.7 Å². The van der Waals surface area contributed by atoms with E-state index >= 15 is 0 Å². The number of hydrogen-bond acceptors (Lipinski definition) is 17. The van der Waals surface area contributed by atoms with Crippen LogP contribution >= 0.6 is 0 Å². The van der Waals surface area contributed by atoms with Gasteiger partial charge in [0.25, 0.3) is 0 Å². The molecule has 0 aliphatic carbocycles. The second-order valence-corrected chi connectivity index (χ2v) is 11.0. The van der Waals surface area contributed by atoms with Gasteiger partial charge in [-0.25, -0.2) is 0 Å². The van der Waals surface area contributed by atoms with Crippen LogP contribution in [-0.4, -0.2) is 139 Å². The Morgan fingerprint density at radius 1 is 0.667 bits per heavy atom. The maximum Gasteiger partial charge on any atom is 0.229 e. The van der Waals surface area contributed by atoms with Crippen molar-refractivity contribution in [2.75, 3.05) is 41.7 Å². The van der Waals surface area contributed by atoms with E-state index in [9.17, 15) is 40.5 Å². The summed E-state index contributed by atoms with van der Waals surface area (Å²) >= 11 is 0. The van der Waals surface area contributed by atoms with Gasteiger partial charge in [-0.3, -0.25) is 4.79 Å².